The number of rotatable bonds is 15. The van der Waals surface area contributed by atoms with Crippen molar-refractivity contribution in [2.24, 2.45) is 0 Å². The number of alkyl halides is 1. The summed E-state index contributed by atoms with van der Waals surface area (Å²) in [5, 5.41) is 20.2. The number of aliphatic carboxylic acids is 1. The van der Waals surface area contributed by atoms with Crippen LogP contribution in [0.4, 0.5) is 9.18 Å². The first-order valence-electron chi connectivity index (χ1n) is 16.4. The molecule has 0 spiro atoms. The number of aromatic nitrogens is 2. The topological polar surface area (TPSA) is 202 Å². The van der Waals surface area contributed by atoms with E-state index in [4.69, 9.17) is 14.3 Å². The molecule has 0 saturated carbocycles. The van der Waals surface area contributed by atoms with E-state index in [1.807, 2.05) is 0 Å². The van der Waals surface area contributed by atoms with Crippen molar-refractivity contribution < 1.29 is 52.6 Å². The Hall–Kier alpha value is -5.26. The first-order valence-corrected chi connectivity index (χ1v) is 16.4. The van der Waals surface area contributed by atoms with E-state index in [-0.39, 0.29) is 50.8 Å². The second kappa shape index (κ2) is 17.9. The van der Waals surface area contributed by atoms with Crippen molar-refractivity contribution in [1.82, 2.24) is 35.3 Å². The summed E-state index contributed by atoms with van der Waals surface area (Å²) in [4.78, 5) is 84.0. The van der Waals surface area contributed by atoms with Crippen molar-refractivity contribution in [1.29, 1.82) is 0 Å². The van der Waals surface area contributed by atoms with Crippen molar-refractivity contribution in [3.8, 4) is 11.6 Å². The minimum atomic E-state index is -1.23. The molecule has 272 valence electrons. The van der Waals surface area contributed by atoms with E-state index in [1.165, 1.54) is 25.6 Å². The third kappa shape index (κ3) is 9.90. The van der Waals surface area contributed by atoms with Gasteiger partial charge in [0, 0.05) is 38.7 Å². The van der Waals surface area contributed by atoms with E-state index in [2.05, 4.69) is 15.7 Å². The number of likely N-dealkylation sites (tertiary alicyclic amines) is 1. The molecule has 1 aromatic carbocycles. The van der Waals surface area contributed by atoms with Crippen LogP contribution in [0.1, 0.15) is 50.0 Å². The van der Waals surface area contributed by atoms with Crippen LogP contribution in [-0.2, 0) is 28.8 Å². The van der Waals surface area contributed by atoms with E-state index < -0.39 is 73.6 Å². The van der Waals surface area contributed by atoms with E-state index in [0.717, 1.165) is 0 Å². The van der Waals surface area contributed by atoms with Crippen LogP contribution < -0.4 is 15.4 Å². The Morgan fingerprint density at radius 3 is 2.54 bits per heavy atom. The lowest BCUT2D eigenvalue weighted by atomic mass is 10.1. The number of halogens is 1. The zero-order valence-corrected chi connectivity index (χ0v) is 27.9. The highest BCUT2D eigenvalue weighted by molar-refractivity contribution is 5.96. The van der Waals surface area contributed by atoms with Crippen LogP contribution in [0.15, 0.2) is 36.4 Å². The number of benzene rings is 1. The van der Waals surface area contributed by atoms with Gasteiger partial charge in [0.2, 0.25) is 17.7 Å². The number of hydrogen-bond donors (Lipinski definition) is 3. The van der Waals surface area contributed by atoms with Gasteiger partial charge in [0.1, 0.15) is 18.8 Å². The van der Waals surface area contributed by atoms with Crippen molar-refractivity contribution >= 4 is 35.8 Å². The molecule has 3 heterocycles. The number of piperazine rings is 1. The number of amides is 4. The summed E-state index contributed by atoms with van der Waals surface area (Å²) in [5.41, 5.74) is 0.323. The molecule has 3 atom stereocenters. The van der Waals surface area contributed by atoms with Crippen LogP contribution in [0.5, 0.6) is 5.88 Å². The summed E-state index contributed by atoms with van der Waals surface area (Å²) < 4.78 is 24.5. The number of carboxylic acid groups (broad SMARTS) is 1. The fraction of sp³-hybridized carbons (Fsp3) is 0.531. The maximum Gasteiger partial charge on any atom is 0.527 e. The van der Waals surface area contributed by atoms with Gasteiger partial charge in [-0.15, -0.1) is 5.06 Å². The molecule has 50 heavy (non-hydrogen) atoms. The fourth-order valence-electron chi connectivity index (χ4n) is 5.67. The summed E-state index contributed by atoms with van der Waals surface area (Å²) in [5.74, 6) is -3.39. The number of para-hydroxylation sites is 1. The molecule has 2 aliphatic heterocycles. The maximum absolute atomic E-state index is 13.6. The normalized spacial score (nSPS) is 18.2. The van der Waals surface area contributed by atoms with Crippen molar-refractivity contribution in [2.45, 2.75) is 57.7 Å². The molecule has 17 nitrogen and oxygen atoms in total. The van der Waals surface area contributed by atoms with Crippen LogP contribution in [0.3, 0.4) is 0 Å². The molecule has 2 aliphatic rings. The van der Waals surface area contributed by atoms with Crippen LogP contribution in [-0.4, -0.2) is 136 Å². The third-order valence-corrected chi connectivity index (χ3v) is 8.11. The van der Waals surface area contributed by atoms with Crippen molar-refractivity contribution in [3.63, 3.8) is 0 Å². The van der Waals surface area contributed by atoms with Gasteiger partial charge >= 0.3 is 12.1 Å². The molecular formula is C32H42FN7O10. The Morgan fingerprint density at radius 1 is 1.10 bits per heavy atom. The van der Waals surface area contributed by atoms with Crippen LogP contribution in [0.2, 0.25) is 0 Å². The van der Waals surface area contributed by atoms with Crippen molar-refractivity contribution in [3.05, 3.63) is 42.1 Å². The Balaban J connectivity index is 1.48. The summed E-state index contributed by atoms with van der Waals surface area (Å²) in [6.45, 7) is 2.87. The zero-order chi connectivity index (χ0) is 36.2. The highest BCUT2D eigenvalue weighted by atomic mass is 19.1. The first-order chi connectivity index (χ1) is 24.0. The molecule has 18 heteroatoms. The number of hydroxylamine groups is 2. The number of nitrogens with zero attached hydrogens (tertiary/aromatic N) is 5. The van der Waals surface area contributed by atoms with Crippen LogP contribution >= 0.6 is 0 Å². The quantitative estimate of drug-likeness (QED) is 0.222. The lowest BCUT2D eigenvalue weighted by Crippen LogP contribution is -2.58. The Morgan fingerprint density at radius 2 is 1.86 bits per heavy atom. The van der Waals surface area contributed by atoms with Gasteiger partial charge in [-0.3, -0.25) is 24.0 Å². The van der Waals surface area contributed by atoms with Gasteiger partial charge in [0.25, 0.3) is 11.8 Å². The lowest BCUT2D eigenvalue weighted by Gasteiger charge is -2.39. The van der Waals surface area contributed by atoms with Crippen molar-refractivity contribution in [2.75, 3.05) is 52.6 Å². The Labute approximate surface area is 287 Å². The third-order valence-electron chi connectivity index (χ3n) is 8.11. The Kier molecular flexibility index (Phi) is 13.5. The van der Waals surface area contributed by atoms with E-state index in [9.17, 15) is 38.3 Å². The van der Waals surface area contributed by atoms with Gasteiger partial charge < -0.3 is 39.9 Å². The second-order valence-electron chi connectivity index (χ2n) is 11.6. The molecule has 2 saturated heterocycles. The average molecular weight is 704 g/mol. The molecule has 4 amide bonds. The highest BCUT2D eigenvalue weighted by Gasteiger charge is 2.36. The van der Waals surface area contributed by atoms with Crippen LogP contribution in [0, 0.1) is 0 Å². The summed E-state index contributed by atoms with van der Waals surface area (Å²) in [6.07, 6.45) is -0.472. The molecule has 2 aromatic rings. The first kappa shape index (κ1) is 37.6. The molecular weight excluding hydrogens is 661 g/mol. The van der Waals surface area contributed by atoms with Gasteiger partial charge in [0.05, 0.1) is 24.9 Å². The molecule has 0 radical (unpaired) electrons. The molecule has 1 aromatic heterocycles. The molecule has 0 aliphatic carbocycles. The molecule has 0 unspecified atom stereocenters. The number of hydrogen-bond acceptors (Lipinski definition) is 11. The fourth-order valence-corrected chi connectivity index (χ4v) is 5.67. The van der Waals surface area contributed by atoms with E-state index in [1.54, 1.807) is 44.2 Å². The number of ether oxygens (including phenoxy) is 2. The van der Waals surface area contributed by atoms with E-state index in [0.29, 0.717) is 25.1 Å². The smallest absolute Gasteiger partial charge is 0.481 e. The highest BCUT2D eigenvalue weighted by Crippen LogP contribution is 2.22. The number of carbonyl (C=O) groups excluding carboxylic acids is 5. The summed E-state index contributed by atoms with van der Waals surface area (Å²) in [6, 6.07) is 7.51. The van der Waals surface area contributed by atoms with Crippen LogP contribution in [0.25, 0.3) is 5.69 Å². The summed E-state index contributed by atoms with van der Waals surface area (Å²) in [7, 11) is 0. The van der Waals surface area contributed by atoms with E-state index >= 15 is 0 Å². The molecule has 2 fully saturated rings. The SMILES string of the molecule is CCOC(=O)ON1CCN(C(=O)[C@H](CCC(=O)O)NC(=O)c2cc(OCC(=O)N3CCC[C@H]3C(=O)NCCF)n(-c3ccccc3)n2)C[C@@H]1C. The molecule has 3 N–H and O–H groups in total. The Bertz CT molecular complexity index is 1520. The second-order valence-corrected chi connectivity index (χ2v) is 11.6. The minimum absolute atomic E-state index is 0.0206. The van der Waals surface area contributed by atoms with Gasteiger partial charge in [-0.05, 0) is 45.2 Å². The predicted octanol–water partition coefficient (Wildman–Crippen LogP) is 0.912. The average Bonchev–Trinajstić information content (AvgIpc) is 3.77. The van der Waals surface area contributed by atoms with Gasteiger partial charge in [-0.25, -0.2) is 13.9 Å². The standard InChI is InChI=1S/C32H42FN7O10/c1-3-48-32(47)50-39-17-16-37(19-21(39)2)31(46)23(11-12-28(42)43)35-29(44)24-18-27(40(36-24)22-8-5-4-6-9-22)49-20-26(41)38-15-7-10-25(38)30(45)34-14-13-33/h4-6,8-9,18,21,23,25H,3,7,10-17,19-20H2,1-2H3,(H,34,45)(H,35,44)(H,42,43)/t21-,23-,25-/m0/s1. The predicted molar refractivity (Wildman–Crippen MR) is 172 cm³/mol. The number of carbonyl (C=O) groups is 6. The van der Waals surface area contributed by atoms with Gasteiger partial charge in [0.15, 0.2) is 12.3 Å². The van der Waals surface area contributed by atoms with Gasteiger partial charge in [-0.1, -0.05) is 18.2 Å². The minimum Gasteiger partial charge on any atom is -0.481 e. The monoisotopic (exact) mass is 703 g/mol. The summed E-state index contributed by atoms with van der Waals surface area (Å²) >= 11 is 0. The maximum atomic E-state index is 13.6. The lowest BCUT2D eigenvalue weighted by molar-refractivity contribution is -0.176. The number of nitrogens with one attached hydrogen (secondary N) is 2. The molecule has 0 bridgehead atoms. The zero-order valence-electron chi connectivity index (χ0n) is 27.9. The van der Waals surface area contributed by atoms with Gasteiger partial charge in [-0.2, -0.15) is 5.10 Å². The molecule has 4 rings (SSSR count). The largest absolute Gasteiger partial charge is 0.527 e. The number of carboxylic acids is 1.